The lowest BCUT2D eigenvalue weighted by Crippen LogP contribution is -2.29. The van der Waals surface area contributed by atoms with E-state index in [0.29, 0.717) is 0 Å². The van der Waals surface area contributed by atoms with Crippen LogP contribution in [0.4, 0.5) is 5.69 Å². The van der Waals surface area contributed by atoms with E-state index in [1.165, 1.54) is 56.4 Å². The van der Waals surface area contributed by atoms with Crippen LogP contribution in [-0.4, -0.2) is 13.1 Å². The zero-order chi connectivity index (χ0) is 12.8. The molecule has 108 valence electrons. The molecule has 0 bridgehead atoms. The van der Waals surface area contributed by atoms with Gasteiger partial charge in [-0.1, -0.05) is 31.9 Å². The minimum absolute atomic E-state index is 0. The Morgan fingerprint density at radius 2 is 1.74 bits per heavy atom. The summed E-state index contributed by atoms with van der Waals surface area (Å²) in [5, 5.41) is 0. The summed E-state index contributed by atoms with van der Waals surface area (Å²) < 4.78 is 0. The molecule has 3 heteroatoms. The van der Waals surface area contributed by atoms with Crippen molar-refractivity contribution >= 4 is 18.1 Å². The molecule has 2 nitrogen and oxygen atoms in total. The van der Waals surface area contributed by atoms with E-state index in [-0.39, 0.29) is 18.4 Å². The van der Waals surface area contributed by atoms with Gasteiger partial charge in [-0.3, -0.25) is 0 Å². The molecule has 1 saturated heterocycles. The molecule has 0 aliphatic carbocycles. The van der Waals surface area contributed by atoms with Crippen molar-refractivity contribution in [2.45, 2.75) is 51.5 Å². The van der Waals surface area contributed by atoms with Crippen LogP contribution in [0.1, 0.15) is 57.1 Å². The predicted molar refractivity (Wildman–Crippen MR) is 86.2 cm³/mol. The molecular formula is C16H27ClN2. The van der Waals surface area contributed by atoms with E-state index in [2.05, 4.69) is 36.1 Å². The first kappa shape index (κ1) is 16.3. The summed E-state index contributed by atoms with van der Waals surface area (Å²) >= 11 is 0. The summed E-state index contributed by atoms with van der Waals surface area (Å²) in [6.45, 7) is 4.63. The number of hydrogen-bond donors (Lipinski definition) is 1. The molecule has 1 aromatic carbocycles. The van der Waals surface area contributed by atoms with Crippen LogP contribution in [0.2, 0.25) is 0 Å². The van der Waals surface area contributed by atoms with Gasteiger partial charge in [0, 0.05) is 24.8 Å². The van der Waals surface area contributed by atoms with E-state index < -0.39 is 0 Å². The zero-order valence-corrected chi connectivity index (χ0v) is 12.8. The van der Waals surface area contributed by atoms with Gasteiger partial charge in [0.2, 0.25) is 0 Å². The lowest BCUT2D eigenvalue weighted by atomic mass is 10.0. The number of unbranched alkanes of at least 4 members (excludes halogenated alkanes) is 1. The van der Waals surface area contributed by atoms with Gasteiger partial charge in [-0.25, -0.2) is 0 Å². The Morgan fingerprint density at radius 3 is 2.32 bits per heavy atom. The number of anilines is 1. The van der Waals surface area contributed by atoms with Gasteiger partial charge in [0.15, 0.2) is 0 Å². The summed E-state index contributed by atoms with van der Waals surface area (Å²) in [6.07, 6.45) is 7.58. The Kier molecular flexibility index (Phi) is 7.25. The van der Waals surface area contributed by atoms with Gasteiger partial charge in [-0.2, -0.15) is 0 Å². The highest BCUT2D eigenvalue weighted by atomic mass is 35.5. The van der Waals surface area contributed by atoms with Crippen LogP contribution in [0.5, 0.6) is 0 Å². The van der Waals surface area contributed by atoms with Crippen LogP contribution in [-0.2, 0) is 0 Å². The Labute approximate surface area is 123 Å². The smallest absolute Gasteiger partial charge is 0.0366 e. The Bertz CT molecular complexity index is 344. The average molecular weight is 283 g/mol. The van der Waals surface area contributed by atoms with Crippen molar-refractivity contribution in [3.63, 3.8) is 0 Å². The van der Waals surface area contributed by atoms with Gasteiger partial charge >= 0.3 is 0 Å². The highest BCUT2D eigenvalue weighted by Crippen LogP contribution is 2.23. The summed E-state index contributed by atoms with van der Waals surface area (Å²) in [4.78, 5) is 2.49. The molecule has 1 aliphatic heterocycles. The van der Waals surface area contributed by atoms with E-state index in [1.807, 2.05) is 0 Å². The summed E-state index contributed by atoms with van der Waals surface area (Å²) in [5.74, 6) is 0. The topological polar surface area (TPSA) is 29.3 Å². The fourth-order valence-electron chi connectivity index (χ4n) is 2.68. The van der Waals surface area contributed by atoms with Gasteiger partial charge in [0.1, 0.15) is 0 Å². The Morgan fingerprint density at radius 1 is 1.11 bits per heavy atom. The molecule has 1 unspecified atom stereocenters. The van der Waals surface area contributed by atoms with Gasteiger partial charge in [-0.05, 0) is 43.4 Å². The molecule has 2 N–H and O–H groups in total. The van der Waals surface area contributed by atoms with Gasteiger partial charge < -0.3 is 10.6 Å². The molecule has 0 aromatic heterocycles. The SMILES string of the molecule is CCCCC(N)c1ccc(N2CCCCC2)cc1.Cl. The van der Waals surface area contributed by atoms with Crippen LogP contribution in [0.15, 0.2) is 24.3 Å². The van der Waals surface area contributed by atoms with E-state index in [0.717, 1.165) is 6.42 Å². The average Bonchev–Trinajstić information content (AvgIpc) is 2.46. The minimum atomic E-state index is 0. The number of halogens is 1. The molecular weight excluding hydrogens is 256 g/mol. The van der Waals surface area contributed by atoms with Crippen LogP contribution in [0.25, 0.3) is 0 Å². The summed E-state index contributed by atoms with van der Waals surface area (Å²) in [6, 6.07) is 9.12. The summed E-state index contributed by atoms with van der Waals surface area (Å²) in [5.41, 5.74) is 8.84. The maximum atomic E-state index is 6.20. The number of rotatable bonds is 5. The monoisotopic (exact) mass is 282 g/mol. The van der Waals surface area contributed by atoms with E-state index >= 15 is 0 Å². The molecule has 1 atom stereocenters. The number of hydrogen-bond acceptors (Lipinski definition) is 2. The first-order valence-corrected chi connectivity index (χ1v) is 7.41. The molecule has 1 heterocycles. The highest BCUT2D eigenvalue weighted by molar-refractivity contribution is 5.85. The van der Waals surface area contributed by atoms with E-state index in [4.69, 9.17) is 5.73 Å². The van der Waals surface area contributed by atoms with E-state index in [1.54, 1.807) is 0 Å². The van der Waals surface area contributed by atoms with Crippen LogP contribution in [0, 0.1) is 0 Å². The minimum Gasteiger partial charge on any atom is -0.372 e. The normalized spacial score (nSPS) is 16.8. The Hall–Kier alpha value is -0.730. The third-order valence-electron chi connectivity index (χ3n) is 3.91. The second-order valence-electron chi connectivity index (χ2n) is 5.39. The highest BCUT2D eigenvalue weighted by Gasteiger charge is 2.11. The number of nitrogens with two attached hydrogens (primary N) is 1. The van der Waals surface area contributed by atoms with Crippen LogP contribution < -0.4 is 10.6 Å². The molecule has 0 saturated carbocycles. The van der Waals surface area contributed by atoms with Crippen molar-refractivity contribution in [3.05, 3.63) is 29.8 Å². The fraction of sp³-hybridized carbons (Fsp3) is 0.625. The lowest BCUT2D eigenvalue weighted by Gasteiger charge is -2.29. The largest absolute Gasteiger partial charge is 0.372 e. The molecule has 0 spiro atoms. The van der Waals surface area contributed by atoms with Gasteiger partial charge in [0.25, 0.3) is 0 Å². The summed E-state index contributed by atoms with van der Waals surface area (Å²) in [7, 11) is 0. The number of nitrogens with zero attached hydrogens (tertiary/aromatic N) is 1. The third kappa shape index (κ3) is 4.70. The van der Waals surface area contributed by atoms with Gasteiger partial charge in [-0.15, -0.1) is 12.4 Å². The first-order chi connectivity index (χ1) is 8.81. The number of benzene rings is 1. The molecule has 0 radical (unpaired) electrons. The molecule has 1 aromatic rings. The van der Waals surface area contributed by atoms with Crippen molar-refractivity contribution in [3.8, 4) is 0 Å². The standard InChI is InChI=1S/C16H26N2.ClH/c1-2-3-7-16(17)14-8-10-15(11-9-14)18-12-5-4-6-13-18;/h8-11,16H,2-7,12-13,17H2,1H3;1H. The zero-order valence-electron chi connectivity index (χ0n) is 12.0. The van der Waals surface area contributed by atoms with E-state index in [9.17, 15) is 0 Å². The maximum Gasteiger partial charge on any atom is 0.0366 e. The lowest BCUT2D eigenvalue weighted by molar-refractivity contribution is 0.577. The number of piperidine rings is 1. The van der Waals surface area contributed by atoms with Crippen molar-refractivity contribution in [2.75, 3.05) is 18.0 Å². The maximum absolute atomic E-state index is 6.20. The van der Waals surface area contributed by atoms with Crippen molar-refractivity contribution < 1.29 is 0 Å². The Balaban J connectivity index is 0.00000180. The fourth-order valence-corrected chi connectivity index (χ4v) is 2.68. The van der Waals surface area contributed by atoms with Crippen molar-refractivity contribution in [2.24, 2.45) is 5.73 Å². The molecule has 1 fully saturated rings. The van der Waals surface area contributed by atoms with Crippen molar-refractivity contribution in [1.29, 1.82) is 0 Å². The van der Waals surface area contributed by atoms with Crippen LogP contribution in [0.3, 0.4) is 0 Å². The predicted octanol–water partition coefficient (Wildman–Crippen LogP) is 4.29. The molecule has 1 aliphatic rings. The van der Waals surface area contributed by atoms with Gasteiger partial charge in [0.05, 0.1) is 0 Å². The second-order valence-corrected chi connectivity index (χ2v) is 5.39. The molecule has 19 heavy (non-hydrogen) atoms. The van der Waals surface area contributed by atoms with Crippen LogP contribution >= 0.6 is 12.4 Å². The quantitative estimate of drug-likeness (QED) is 0.873. The third-order valence-corrected chi connectivity index (χ3v) is 3.91. The first-order valence-electron chi connectivity index (χ1n) is 7.41. The van der Waals surface area contributed by atoms with Crippen molar-refractivity contribution in [1.82, 2.24) is 0 Å². The molecule has 2 rings (SSSR count). The molecule has 0 amide bonds. The second kappa shape index (κ2) is 8.44.